The van der Waals surface area contributed by atoms with Crippen molar-refractivity contribution in [2.45, 2.75) is 13.0 Å². The van der Waals surface area contributed by atoms with Crippen LogP contribution in [0.25, 0.3) is 32.1 Å². The van der Waals surface area contributed by atoms with E-state index < -0.39 is 0 Å². The van der Waals surface area contributed by atoms with Gasteiger partial charge in [0.2, 0.25) is 0 Å². The highest BCUT2D eigenvalue weighted by Gasteiger charge is 2.13. The zero-order valence-electron chi connectivity index (χ0n) is 17.4. The molecule has 0 fully saturated rings. The number of fused-ring (bicyclic) bond motifs is 2. The third kappa shape index (κ3) is 3.70. The molecule has 0 radical (unpaired) electrons. The van der Waals surface area contributed by atoms with Gasteiger partial charge in [0.1, 0.15) is 0 Å². The van der Waals surface area contributed by atoms with Crippen LogP contribution in [0.4, 0.5) is 5.69 Å². The van der Waals surface area contributed by atoms with Crippen molar-refractivity contribution in [3.8, 4) is 11.1 Å². The lowest BCUT2D eigenvalue weighted by Crippen LogP contribution is -2.23. The summed E-state index contributed by atoms with van der Waals surface area (Å²) in [5.74, 6) is 0. The number of nitrogens with zero attached hydrogens (tertiary/aromatic N) is 4. The summed E-state index contributed by atoms with van der Waals surface area (Å²) in [6.07, 6.45) is 2.45. The Bertz CT molecular complexity index is 1430. The minimum absolute atomic E-state index is 0.0498. The third-order valence-electron chi connectivity index (χ3n) is 5.51. The number of anilines is 1. The molecule has 154 valence electrons. The standard InChI is InChI=1S/C25H22N4OS/c1-28(2)20-11-8-17(9-12-20)21-16-31-23-15-26-29(25(30)24(21)23)14-13-19-10-7-18-5-3-4-6-22(18)27-19/h3-12,15-16H,13-14H2,1-2H3. The average Bonchev–Trinajstić information content (AvgIpc) is 3.23. The van der Waals surface area contributed by atoms with Gasteiger partial charge in [-0.2, -0.15) is 5.10 Å². The summed E-state index contributed by atoms with van der Waals surface area (Å²) >= 11 is 1.56. The van der Waals surface area contributed by atoms with Crippen LogP contribution in [-0.4, -0.2) is 28.9 Å². The van der Waals surface area contributed by atoms with Gasteiger partial charge in [0, 0.05) is 48.2 Å². The second-order valence-corrected chi connectivity index (χ2v) is 8.66. The normalized spacial score (nSPS) is 11.3. The number of rotatable bonds is 5. The third-order valence-corrected chi connectivity index (χ3v) is 6.43. The second kappa shape index (κ2) is 7.96. The molecule has 6 heteroatoms. The minimum Gasteiger partial charge on any atom is -0.378 e. The fourth-order valence-corrected chi connectivity index (χ4v) is 4.69. The molecule has 5 rings (SSSR count). The molecule has 0 amide bonds. The van der Waals surface area contributed by atoms with Crippen LogP contribution in [0.1, 0.15) is 5.69 Å². The molecule has 5 nitrogen and oxygen atoms in total. The van der Waals surface area contributed by atoms with E-state index in [1.54, 1.807) is 22.2 Å². The van der Waals surface area contributed by atoms with Gasteiger partial charge in [0.25, 0.3) is 5.56 Å². The summed E-state index contributed by atoms with van der Waals surface area (Å²) in [5, 5.41) is 8.31. The molecule has 0 N–H and O–H groups in total. The van der Waals surface area contributed by atoms with Gasteiger partial charge < -0.3 is 4.90 Å². The molecular formula is C25H22N4OS. The highest BCUT2D eigenvalue weighted by atomic mass is 32.1. The highest BCUT2D eigenvalue weighted by Crippen LogP contribution is 2.32. The first-order valence-corrected chi connectivity index (χ1v) is 11.1. The fraction of sp³-hybridized carbons (Fsp3) is 0.160. The number of benzene rings is 2. The van der Waals surface area contributed by atoms with Crippen LogP contribution in [0, 0.1) is 0 Å². The lowest BCUT2D eigenvalue weighted by Gasteiger charge is -2.12. The predicted octanol–water partition coefficient (Wildman–Crippen LogP) is 4.98. The van der Waals surface area contributed by atoms with Crippen LogP contribution < -0.4 is 10.5 Å². The Morgan fingerprint density at radius 2 is 1.81 bits per heavy atom. The van der Waals surface area contributed by atoms with Crippen LogP contribution in [0.15, 0.2) is 77.0 Å². The molecule has 3 aromatic heterocycles. The molecule has 31 heavy (non-hydrogen) atoms. The van der Waals surface area contributed by atoms with Crippen LogP contribution in [0.3, 0.4) is 0 Å². The molecule has 0 saturated carbocycles. The number of thiophene rings is 1. The number of pyridine rings is 1. The first kappa shape index (κ1) is 19.5. The average molecular weight is 427 g/mol. The first-order valence-electron chi connectivity index (χ1n) is 10.2. The van der Waals surface area contributed by atoms with Crippen molar-refractivity contribution in [3.05, 3.63) is 88.3 Å². The lowest BCUT2D eigenvalue weighted by molar-refractivity contribution is 0.580. The smallest absolute Gasteiger partial charge is 0.276 e. The van der Waals surface area contributed by atoms with E-state index >= 15 is 0 Å². The van der Waals surface area contributed by atoms with Gasteiger partial charge in [-0.15, -0.1) is 11.3 Å². The number of aryl methyl sites for hydroxylation is 2. The summed E-state index contributed by atoms with van der Waals surface area (Å²) in [4.78, 5) is 20.0. The number of hydrogen-bond acceptors (Lipinski definition) is 5. The van der Waals surface area contributed by atoms with Gasteiger partial charge in [-0.3, -0.25) is 9.78 Å². The van der Waals surface area contributed by atoms with Crippen molar-refractivity contribution in [2.75, 3.05) is 19.0 Å². The van der Waals surface area contributed by atoms with Crippen molar-refractivity contribution < 1.29 is 0 Å². The maximum absolute atomic E-state index is 13.3. The maximum Gasteiger partial charge on any atom is 0.276 e. The van der Waals surface area contributed by atoms with Crippen molar-refractivity contribution in [1.82, 2.24) is 14.8 Å². The summed E-state index contributed by atoms with van der Waals surface area (Å²) in [6, 6.07) is 20.4. The molecule has 0 bridgehead atoms. The minimum atomic E-state index is -0.0498. The summed E-state index contributed by atoms with van der Waals surface area (Å²) < 4.78 is 2.47. The SMILES string of the molecule is CN(C)c1ccc(-c2csc3cnn(CCc4ccc5ccccc5n4)c(=O)c23)cc1. The van der Waals surface area contributed by atoms with E-state index in [2.05, 4.69) is 46.4 Å². The van der Waals surface area contributed by atoms with E-state index in [0.29, 0.717) is 13.0 Å². The Labute approximate surface area is 184 Å². The lowest BCUT2D eigenvalue weighted by atomic mass is 10.1. The second-order valence-electron chi connectivity index (χ2n) is 7.75. The fourth-order valence-electron chi connectivity index (χ4n) is 3.77. The van der Waals surface area contributed by atoms with Crippen molar-refractivity contribution in [3.63, 3.8) is 0 Å². The highest BCUT2D eigenvalue weighted by molar-refractivity contribution is 7.17. The zero-order valence-corrected chi connectivity index (χ0v) is 18.3. The molecule has 0 aliphatic carbocycles. The van der Waals surface area contributed by atoms with E-state index in [1.807, 2.05) is 43.7 Å². The van der Waals surface area contributed by atoms with Gasteiger partial charge in [0.15, 0.2) is 0 Å². The van der Waals surface area contributed by atoms with Gasteiger partial charge in [0.05, 0.1) is 28.3 Å². The molecule has 3 heterocycles. The van der Waals surface area contributed by atoms with Crippen LogP contribution in [0.2, 0.25) is 0 Å². The van der Waals surface area contributed by atoms with Gasteiger partial charge in [-0.25, -0.2) is 4.68 Å². The summed E-state index contributed by atoms with van der Waals surface area (Å²) in [7, 11) is 4.04. The van der Waals surface area contributed by atoms with Crippen LogP contribution in [-0.2, 0) is 13.0 Å². The molecule has 2 aromatic carbocycles. The zero-order chi connectivity index (χ0) is 21.4. The number of para-hydroxylation sites is 1. The Morgan fingerprint density at radius 1 is 1.00 bits per heavy atom. The molecule has 5 aromatic rings. The molecule has 0 aliphatic rings. The van der Waals surface area contributed by atoms with Crippen LogP contribution in [0.5, 0.6) is 0 Å². The van der Waals surface area contributed by atoms with Gasteiger partial charge in [-0.05, 0) is 29.8 Å². The topological polar surface area (TPSA) is 51.0 Å². The predicted molar refractivity (Wildman–Crippen MR) is 129 cm³/mol. The van der Waals surface area contributed by atoms with Gasteiger partial charge in [-0.1, -0.05) is 36.4 Å². The van der Waals surface area contributed by atoms with E-state index in [1.165, 1.54) is 0 Å². The van der Waals surface area contributed by atoms with Crippen molar-refractivity contribution >= 4 is 38.0 Å². The Balaban J connectivity index is 1.46. The van der Waals surface area contributed by atoms with Crippen LogP contribution >= 0.6 is 11.3 Å². The Hall–Kier alpha value is -3.51. The molecule has 0 atom stereocenters. The number of hydrogen-bond donors (Lipinski definition) is 0. The maximum atomic E-state index is 13.3. The molecular weight excluding hydrogens is 404 g/mol. The largest absolute Gasteiger partial charge is 0.378 e. The van der Waals surface area contributed by atoms with E-state index in [9.17, 15) is 4.79 Å². The first-order chi connectivity index (χ1) is 15.1. The van der Waals surface area contributed by atoms with E-state index in [0.717, 1.165) is 43.5 Å². The number of aromatic nitrogens is 3. The molecule has 0 unspecified atom stereocenters. The van der Waals surface area contributed by atoms with Gasteiger partial charge >= 0.3 is 0 Å². The molecule has 0 aliphatic heterocycles. The molecule has 0 saturated heterocycles. The summed E-state index contributed by atoms with van der Waals surface area (Å²) in [6.45, 7) is 0.495. The quantitative estimate of drug-likeness (QED) is 0.398. The van der Waals surface area contributed by atoms with E-state index in [-0.39, 0.29) is 5.56 Å². The van der Waals surface area contributed by atoms with Crippen molar-refractivity contribution in [2.24, 2.45) is 0 Å². The Kier molecular flexibility index (Phi) is 5.00. The van der Waals surface area contributed by atoms with Crippen molar-refractivity contribution in [1.29, 1.82) is 0 Å². The Morgan fingerprint density at radius 3 is 2.61 bits per heavy atom. The molecule has 0 spiro atoms. The van der Waals surface area contributed by atoms with E-state index in [4.69, 9.17) is 4.98 Å². The monoisotopic (exact) mass is 426 g/mol. The summed E-state index contributed by atoms with van der Waals surface area (Å²) in [5.41, 5.74) is 5.02.